The molecular weight excluding hydrogens is 385 g/mol. The van der Waals surface area contributed by atoms with Crippen LogP contribution in [0.1, 0.15) is 23.7 Å². The van der Waals surface area contributed by atoms with E-state index in [0.717, 1.165) is 0 Å². The number of halogens is 2. The van der Waals surface area contributed by atoms with Crippen molar-refractivity contribution in [1.82, 2.24) is 15.4 Å². The Morgan fingerprint density at radius 3 is 2.85 bits per heavy atom. The van der Waals surface area contributed by atoms with E-state index in [1.54, 1.807) is 6.07 Å². The van der Waals surface area contributed by atoms with Crippen molar-refractivity contribution in [2.24, 2.45) is 0 Å². The summed E-state index contributed by atoms with van der Waals surface area (Å²) in [5, 5.41) is 5.58. The summed E-state index contributed by atoms with van der Waals surface area (Å²) >= 11 is 0. The zero-order valence-corrected chi connectivity index (χ0v) is 16.2. The van der Waals surface area contributed by atoms with Crippen molar-refractivity contribution >= 4 is 28.3 Å². The molecule has 0 unspecified atom stereocenters. The first kappa shape index (κ1) is 22.8. The fourth-order valence-corrected chi connectivity index (χ4v) is 3.63. The van der Waals surface area contributed by atoms with Crippen molar-refractivity contribution in [3.63, 3.8) is 0 Å². The molecule has 1 heterocycles. The van der Waals surface area contributed by atoms with Crippen LogP contribution in [0.25, 0.3) is 0 Å². The minimum absolute atomic E-state index is 0. The van der Waals surface area contributed by atoms with E-state index in [1.165, 1.54) is 18.2 Å². The Labute approximate surface area is 159 Å². The molecule has 1 aliphatic rings. The lowest BCUT2D eigenvalue weighted by molar-refractivity contribution is 0.0922. The molecule has 0 spiro atoms. The van der Waals surface area contributed by atoms with Crippen LogP contribution in [0.15, 0.2) is 29.2 Å². The van der Waals surface area contributed by atoms with Crippen LogP contribution in [0.4, 0.5) is 4.39 Å². The van der Waals surface area contributed by atoms with Crippen molar-refractivity contribution in [3.05, 3.63) is 29.8 Å². The topological polar surface area (TPSA) is 96.5 Å². The molecule has 26 heavy (non-hydrogen) atoms. The number of carbonyl (C=O) groups excluding carboxylic acids is 1. The van der Waals surface area contributed by atoms with Gasteiger partial charge in [0.05, 0.1) is 11.5 Å². The highest BCUT2D eigenvalue weighted by atomic mass is 35.5. The SMILES string of the molecule is CCOCCNC(=O)c1cccc(S(=O)(=O)NC[C@@H]2C[C@H](F)CN2)c1.Cl. The fourth-order valence-electron chi connectivity index (χ4n) is 2.51. The van der Waals surface area contributed by atoms with E-state index in [1.807, 2.05) is 6.92 Å². The molecule has 2 rings (SSSR count). The normalized spacial score (nSPS) is 19.8. The zero-order valence-electron chi connectivity index (χ0n) is 14.5. The Hall–Kier alpha value is -1.26. The highest BCUT2D eigenvalue weighted by Gasteiger charge is 2.25. The molecular formula is C16H25ClFN3O4S. The molecule has 0 aliphatic carbocycles. The predicted molar refractivity (Wildman–Crippen MR) is 99.0 cm³/mol. The minimum atomic E-state index is -3.77. The quantitative estimate of drug-likeness (QED) is 0.525. The van der Waals surface area contributed by atoms with E-state index in [-0.39, 0.29) is 54.3 Å². The van der Waals surface area contributed by atoms with Crippen LogP contribution in [0.3, 0.4) is 0 Å². The molecule has 0 saturated carbocycles. The summed E-state index contributed by atoms with van der Waals surface area (Å²) in [5.74, 6) is -0.366. The molecule has 1 aromatic carbocycles. The zero-order chi connectivity index (χ0) is 18.3. The number of rotatable bonds is 9. The average Bonchev–Trinajstić information content (AvgIpc) is 3.02. The van der Waals surface area contributed by atoms with Gasteiger partial charge in [-0.1, -0.05) is 6.07 Å². The molecule has 1 amide bonds. The van der Waals surface area contributed by atoms with Gasteiger partial charge in [0.25, 0.3) is 5.91 Å². The van der Waals surface area contributed by atoms with E-state index in [0.29, 0.717) is 19.8 Å². The van der Waals surface area contributed by atoms with Crippen LogP contribution in [-0.2, 0) is 14.8 Å². The van der Waals surface area contributed by atoms with Gasteiger partial charge in [0, 0.05) is 37.8 Å². The van der Waals surface area contributed by atoms with Crippen molar-refractivity contribution in [2.75, 3.05) is 32.8 Å². The maximum absolute atomic E-state index is 13.1. The van der Waals surface area contributed by atoms with Gasteiger partial charge in [-0.3, -0.25) is 4.79 Å². The summed E-state index contributed by atoms with van der Waals surface area (Å²) in [6.07, 6.45) is -0.664. The number of nitrogens with one attached hydrogen (secondary N) is 3. The number of carbonyl (C=O) groups is 1. The second-order valence-corrected chi connectivity index (χ2v) is 7.54. The first-order valence-corrected chi connectivity index (χ1v) is 9.74. The van der Waals surface area contributed by atoms with Gasteiger partial charge in [0.2, 0.25) is 10.0 Å². The smallest absolute Gasteiger partial charge is 0.251 e. The Kier molecular flexibility index (Phi) is 9.45. The maximum atomic E-state index is 13.1. The molecule has 148 valence electrons. The van der Waals surface area contributed by atoms with Crippen molar-refractivity contribution in [1.29, 1.82) is 0 Å². The molecule has 1 aliphatic heterocycles. The van der Waals surface area contributed by atoms with E-state index in [9.17, 15) is 17.6 Å². The molecule has 2 atom stereocenters. The third-order valence-corrected chi connectivity index (χ3v) is 5.25. The Balaban J connectivity index is 0.00000338. The molecule has 10 heteroatoms. The fraction of sp³-hybridized carbons (Fsp3) is 0.562. The third-order valence-electron chi connectivity index (χ3n) is 3.83. The van der Waals surface area contributed by atoms with Gasteiger partial charge in [-0.25, -0.2) is 17.5 Å². The molecule has 1 aromatic rings. The number of sulfonamides is 1. The second-order valence-electron chi connectivity index (χ2n) is 5.77. The third kappa shape index (κ3) is 6.81. The molecule has 0 aromatic heterocycles. The molecule has 1 fully saturated rings. The Morgan fingerprint density at radius 2 is 2.19 bits per heavy atom. The molecule has 3 N–H and O–H groups in total. The highest BCUT2D eigenvalue weighted by Crippen LogP contribution is 2.13. The van der Waals surface area contributed by atoms with Crippen LogP contribution in [0.5, 0.6) is 0 Å². The highest BCUT2D eigenvalue weighted by molar-refractivity contribution is 7.89. The summed E-state index contributed by atoms with van der Waals surface area (Å²) in [5.41, 5.74) is 0.252. The molecule has 7 nitrogen and oxygen atoms in total. The molecule has 0 bridgehead atoms. The summed E-state index contributed by atoms with van der Waals surface area (Å²) in [4.78, 5) is 12.1. The number of hydrogen-bond acceptors (Lipinski definition) is 5. The van der Waals surface area contributed by atoms with Crippen LogP contribution in [-0.4, -0.2) is 59.4 Å². The van der Waals surface area contributed by atoms with E-state index < -0.39 is 16.2 Å². The van der Waals surface area contributed by atoms with Crippen molar-refractivity contribution in [2.45, 2.75) is 30.5 Å². The predicted octanol–water partition coefficient (Wildman–Crippen LogP) is 0.853. The number of benzene rings is 1. The van der Waals surface area contributed by atoms with Crippen molar-refractivity contribution < 1.29 is 22.3 Å². The lowest BCUT2D eigenvalue weighted by atomic mass is 10.2. The van der Waals surface area contributed by atoms with Crippen LogP contribution in [0.2, 0.25) is 0 Å². The van der Waals surface area contributed by atoms with E-state index in [4.69, 9.17) is 4.74 Å². The van der Waals surface area contributed by atoms with Crippen molar-refractivity contribution in [3.8, 4) is 0 Å². The summed E-state index contributed by atoms with van der Waals surface area (Å²) in [6.45, 7) is 3.51. The lowest BCUT2D eigenvalue weighted by Gasteiger charge is -2.12. The standard InChI is InChI=1S/C16H24FN3O4S.ClH/c1-2-24-7-6-18-16(21)12-4-3-5-15(8-12)25(22,23)20-11-14-9-13(17)10-19-14;/h3-5,8,13-14,19-20H,2,6-7,9-11H2,1H3,(H,18,21);1H/t13-,14-;/m0./s1. The van der Waals surface area contributed by atoms with Gasteiger partial charge in [-0.15, -0.1) is 12.4 Å². The Morgan fingerprint density at radius 1 is 1.42 bits per heavy atom. The monoisotopic (exact) mass is 409 g/mol. The lowest BCUT2D eigenvalue weighted by Crippen LogP contribution is -2.37. The number of hydrogen-bond donors (Lipinski definition) is 3. The number of ether oxygens (including phenoxy) is 1. The van der Waals surface area contributed by atoms with Gasteiger partial charge in [0.15, 0.2) is 0 Å². The van der Waals surface area contributed by atoms with E-state index >= 15 is 0 Å². The van der Waals surface area contributed by atoms with Crippen LogP contribution in [0, 0.1) is 0 Å². The Bertz CT molecular complexity index is 690. The van der Waals surface area contributed by atoms with Gasteiger partial charge in [0.1, 0.15) is 6.17 Å². The van der Waals surface area contributed by atoms with Gasteiger partial charge in [-0.2, -0.15) is 0 Å². The van der Waals surface area contributed by atoms with Gasteiger partial charge >= 0.3 is 0 Å². The number of alkyl halides is 1. The largest absolute Gasteiger partial charge is 0.380 e. The summed E-state index contributed by atoms with van der Waals surface area (Å²) < 4.78 is 45.4. The van der Waals surface area contributed by atoms with Crippen LogP contribution < -0.4 is 15.4 Å². The first-order chi connectivity index (χ1) is 11.9. The average molecular weight is 410 g/mol. The molecule has 0 radical (unpaired) electrons. The first-order valence-electron chi connectivity index (χ1n) is 8.25. The molecule has 1 saturated heterocycles. The van der Waals surface area contributed by atoms with Gasteiger partial charge in [-0.05, 0) is 31.5 Å². The minimum Gasteiger partial charge on any atom is -0.380 e. The van der Waals surface area contributed by atoms with Gasteiger partial charge < -0.3 is 15.4 Å². The van der Waals surface area contributed by atoms with Crippen LogP contribution >= 0.6 is 12.4 Å². The van der Waals surface area contributed by atoms with E-state index in [2.05, 4.69) is 15.4 Å². The summed E-state index contributed by atoms with van der Waals surface area (Å²) in [6, 6.07) is 5.56. The maximum Gasteiger partial charge on any atom is 0.251 e. The second kappa shape index (κ2) is 10.8. The summed E-state index contributed by atoms with van der Waals surface area (Å²) in [7, 11) is -3.77. The number of amides is 1.